The molecule has 3 aromatic rings. The maximum absolute atomic E-state index is 2.75. The Bertz CT molecular complexity index is 544. The van der Waals surface area contributed by atoms with E-state index in [1.165, 1.54) is 9.81 Å². The molecule has 0 amide bonds. The minimum atomic E-state index is -2.06. The van der Waals surface area contributed by atoms with Crippen molar-refractivity contribution in [1.29, 1.82) is 0 Å². The molecule has 3 aromatic carbocycles. The van der Waals surface area contributed by atoms with Crippen LogP contribution in [0.2, 0.25) is 0 Å². The first-order valence-corrected chi connectivity index (χ1v) is 12.6. The van der Waals surface area contributed by atoms with E-state index in [4.69, 9.17) is 0 Å². The monoisotopic (exact) mass is 485 g/mol. The Labute approximate surface area is 141 Å². The molecule has 3 rings (SSSR count). The van der Waals surface area contributed by atoms with E-state index in [-0.39, 0.29) is 0 Å². The molecule has 1 nitrogen and oxygen atoms in total. The zero-order chi connectivity index (χ0) is 15.6. The van der Waals surface area contributed by atoms with Crippen molar-refractivity contribution in [2.24, 2.45) is 0 Å². The number of hydrogen-bond acceptors (Lipinski definition) is 1. The fourth-order valence-electron chi connectivity index (χ4n) is 2.18. The van der Waals surface area contributed by atoms with Crippen LogP contribution in [0.4, 0.5) is 0 Å². The van der Waals surface area contributed by atoms with Gasteiger partial charge in [0.2, 0.25) is 0 Å². The molecule has 0 saturated carbocycles. The summed E-state index contributed by atoms with van der Waals surface area (Å²) in [5, 5.41) is 2.75. The topological polar surface area (TPSA) is 12.0 Å². The number of rotatable bonds is 3. The molecule has 0 spiro atoms. The summed E-state index contributed by atoms with van der Waals surface area (Å²) in [4.78, 5) is 0. The number of benzene rings is 3. The van der Waals surface area contributed by atoms with Crippen LogP contribution in [-0.4, -0.2) is 35.8 Å². The van der Waals surface area contributed by atoms with Crippen LogP contribution in [0.25, 0.3) is 0 Å². The first-order valence-electron chi connectivity index (χ1n) is 7.40. The fraction of sp³-hybridized carbons (Fsp3) is 0.100. The van der Waals surface area contributed by atoms with Crippen molar-refractivity contribution in [1.82, 2.24) is 5.32 Å². The second kappa shape index (κ2) is 9.51. The van der Waals surface area contributed by atoms with Gasteiger partial charge in [0, 0.05) is 0 Å². The van der Waals surface area contributed by atoms with E-state index in [0.29, 0.717) is 0 Å². The van der Waals surface area contributed by atoms with Crippen LogP contribution in [0.5, 0.6) is 0 Å². The molecular weight excluding hydrogens is 463 g/mol. The van der Waals surface area contributed by atoms with Crippen LogP contribution < -0.4 is 15.1 Å². The second-order valence-corrected chi connectivity index (χ2v) is 13.5. The molecule has 22 heavy (non-hydrogen) atoms. The van der Waals surface area contributed by atoms with Gasteiger partial charge in [-0.05, 0) is 14.1 Å². The molecule has 0 fully saturated rings. The van der Waals surface area contributed by atoms with Crippen LogP contribution in [0.3, 0.4) is 0 Å². The van der Waals surface area contributed by atoms with Gasteiger partial charge in [-0.25, -0.2) is 0 Å². The van der Waals surface area contributed by atoms with Gasteiger partial charge in [0.15, 0.2) is 0 Å². The van der Waals surface area contributed by atoms with E-state index in [0.717, 1.165) is 0 Å². The van der Waals surface area contributed by atoms with Gasteiger partial charge in [0.1, 0.15) is 0 Å². The maximum atomic E-state index is 2.75. The number of hydrogen-bond donors (Lipinski definition) is 1. The fourth-order valence-corrected chi connectivity index (χ4v) is 11.1. The molecule has 0 bridgehead atoms. The Morgan fingerprint density at radius 3 is 0.955 bits per heavy atom. The van der Waals surface area contributed by atoms with Gasteiger partial charge in [-0.2, -0.15) is 0 Å². The average Bonchev–Trinajstić information content (AvgIpc) is 2.59. The summed E-state index contributed by atoms with van der Waals surface area (Å²) < 4.78 is 4.61. The van der Waals surface area contributed by atoms with Gasteiger partial charge in [-0.1, -0.05) is 0 Å². The minimum absolute atomic E-state index is 1.54. The van der Waals surface area contributed by atoms with Crippen molar-refractivity contribution in [3.05, 3.63) is 91.0 Å². The van der Waals surface area contributed by atoms with E-state index in [1.807, 2.05) is 14.1 Å². The van der Waals surface area contributed by atoms with E-state index >= 15 is 0 Å². The quantitative estimate of drug-likeness (QED) is 0.561. The van der Waals surface area contributed by atoms with Gasteiger partial charge < -0.3 is 5.32 Å². The summed E-state index contributed by atoms with van der Waals surface area (Å²) >= 11 is -2.06. The van der Waals surface area contributed by atoms with Crippen molar-refractivity contribution in [3.63, 3.8) is 0 Å². The van der Waals surface area contributed by atoms with Crippen molar-refractivity contribution in [2.75, 3.05) is 14.1 Å². The summed E-state index contributed by atoms with van der Waals surface area (Å²) in [5.41, 5.74) is 0. The molecule has 0 unspecified atom stereocenters. The van der Waals surface area contributed by atoms with Crippen LogP contribution in [0, 0.1) is 0 Å². The van der Waals surface area contributed by atoms with E-state index in [2.05, 4.69) is 96.3 Å². The molecule has 0 radical (unpaired) electrons. The van der Waals surface area contributed by atoms with Crippen LogP contribution >= 0.6 is 0 Å². The summed E-state index contributed by atoms with van der Waals surface area (Å²) in [6, 6.07) is 33.0. The normalized spacial score (nSPS) is 9.95. The SMILES string of the molecule is CNC.c1cc[c]([Bi]([c]2ccccc2)[c]2ccccc2)cc1. The third-order valence-electron chi connectivity index (χ3n) is 3.04. The standard InChI is InChI=1S/3C6H5.C2H7N.Bi/c3*1-2-4-6-5-3-1;1-3-2;/h3*1-5H;3H,1-2H3;. The molecule has 0 saturated heterocycles. The van der Waals surface area contributed by atoms with Crippen LogP contribution in [0.1, 0.15) is 0 Å². The van der Waals surface area contributed by atoms with Gasteiger partial charge in [-0.15, -0.1) is 0 Å². The van der Waals surface area contributed by atoms with Crippen LogP contribution in [-0.2, 0) is 0 Å². The molecule has 0 aliphatic rings. The average molecular weight is 485 g/mol. The number of nitrogens with one attached hydrogen (secondary N) is 1. The molecular formula is C20H22BiN. The van der Waals surface area contributed by atoms with E-state index < -0.39 is 21.8 Å². The Hall–Kier alpha value is -1.50. The third kappa shape index (κ3) is 4.76. The zero-order valence-electron chi connectivity index (χ0n) is 13.1. The Kier molecular flexibility index (Phi) is 7.29. The Morgan fingerprint density at radius 2 is 0.727 bits per heavy atom. The molecule has 112 valence electrons. The second-order valence-electron chi connectivity index (χ2n) is 4.84. The van der Waals surface area contributed by atoms with Gasteiger partial charge in [-0.3, -0.25) is 0 Å². The Morgan fingerprint density at radius 1 is 0.500 bits per heavy atom. The first kappa shape index (κ1) is 16.9. The van der Waals surface area contributed by atoms with Gasteiger partial charge in [0.05, 0.1) is 0 Å². The van der Waals surface area contributed by atoms with Crippen molar-refractivity contribution in [3.8, 4) is 0 Å². The molecule has 0 heterocycles. The van der Waals surface area contributed by atoms with Crippen molar-refractivity contribution in [2.45, 2.75) is 0 Å². The molecule has 2 heteroatoms. The van der Waals surface area contributed by atoms with E-state index in [1.54, 1.807) is 0 Å². The molecule has 1 N–H and O–H groups in total. The predicted molar refractivity (Wildman–Crippen MR) is 99.0 cm³/mol. The molecule has 0 aliphatic carbocycles. The van der Waals surface area contributed by atoms with Crippen molar-refractivity contribution >= 4 is 31.6 Å². The van der Waals surface area contributed by atoms with Crippen molar-refractivity contribution < 1.29 is 0 Å². The van der Waals surface area contributed by atoms with Gasteiger partial charge >= 0.3 is 123 Å². The summed E-state index contributed by atoms with van der Waals surface area (Å²) in [6.07, 6.45) is 0. The van der Waals surface area contributed by atoms with Gasteiger partial charge in [0.25, 0.3) is 0 Å². The summed E-state index contributed by atoms with van der Waals surface area (Å²) in [7, 11) is 3.75. The Balaban J connectivity index is 0.000000545. The molecule has 0 aliphatic heterocycles. The zero-order valence-corrected chi connectivity index (χ0v) is 16.6. The van der Waals surface area contributed by atoms with E-state index in [9.17, 15) is 0 Å². The summed E-state index contributed by atoms with van der Waals surface area (Å²) in [6.45, 7) is 0. The molecule has 0 atom stereocenters. The third-order valence-corrected chi connectivity index (χ3v) is 12.5. The molecule has 0 aromatic heterocycles. The predicted octanol–water partition coefficient (Wildman–Crippen LogP) is 2.04. The first-order chi connectivity index (χ1) is 10.9. The van der Waals surface area contributed by atoms with Crippen LogP contribution in [0.15, 0.2) is 91.0 Å². The summed E-state index contributed by atoms with van der Waals surface area (Å²) in [5.74, 6) is 0.